The van der Waals surface area contributed by atoms with E-state index >= 15 is 0 Å². The number of carboxylic acids is 1. The number of fused-ring (bicyclic) bond motifs is 3. The first-order chi connectivity index (χ1) is 16.3. The molecule has 34 heavy (non-hydrogen) atoms. The van der Waals surface area contributed by atoms with E-state index in [4.69, 9.17) is 4.74 Å². The molecule has 0 radical (unpaired) electrons. The van der Waals surface area contributed by atoms with Crippen LogP contribution in [-0.4, -0.2) is 54.2 Å². The van der Waals surface area contributed by atoms with Crippen molar-refractivity contribution in [1.82, 2.24) is 10.2 Å². The van der Waals surface area contributed by atoms with Crippen molar-refractivity contribution in [2.24, 2.45) is 11.3 Å². The number of nitrogens with one attached hydrogen (secondary N) is 1. The Balaban J connectivity index is 1.21. The van der Waals surface area contributed by atoms with Crippen molar-refractivity contribution < 1.29 is 24.2 Å². The number of alkyl carbamates (subject to hydrolysis) is 1. The summed E-state index contributed by atoms with van der Waals surface area (Å²) in [6.07, 6.45) is 0.968. The van der Waals surface area contributed by atoms with E-state index in [-0.39, 0.29) is 30.9 Å². The van der Waals surface area contributed by atoms with Crippen LogP contribution in [0.4, 0.5) is 4.79 Å². The second-order valence-electron chi connectivity index (χ2n) is 9.78. The molecule has 0 spiro atoms. The fraction of sp³-hybridized carbons (Fsp3) is 0.444. The Bertz CT molecular complexity index is 1040. The van der Waals surface area contributed by atoms with Gasteiger partial charge in [0.1, 0.15) is 6.61 Å². The molecule has 2 aromatic rings. The standard InChI is InChI=1S/C27H32N2O5/c1-18(11-12-24(30)29-14-13-27(2,17-29)25(31)32)15-28-26(33)34-16-23-21-9-5-3-7-19(21)20-8-4-6-10-22(20)23/h3-10,18,23H,11-17H2,1-2H3,(H,28,33)(H,31,32). The van der Waals surface area contributed by atoms with Crippen molar-refractivity contribution in [2.75, 3.05) is 26.2 Å². The first-order valence-electron chi connectivity index (χ1n) is 11.9. The lowest BCUT2D eigenvalue weighted by Crippen LogP contribution is -2.35. The van der Waals surface area contributed by atoms with Crippen molar-refractivity contribution in [3.8, 4) is 11.1 Å². The summed E-state index contributed by atoms with van der Waals surface area (Å²) in [4.78, 5) is 37.8. The monoisotopic (exact) mass is 464 g/mol. The summed E-state index contributed by atoms with van der Waals surface area (Å²) in [5.74, 6) is -0.774. The van der Waals surface area contributed by atoms with E-state index in [1.807, 2.05) is 31.2 Å². The second kappa shape index (κ2) is 9.87. The van der Waals surface area contributed by atoms with Crippen molar-refractivity contribution in [3.63, 3.8) is 0 Å². The van der Waals surface area contributed by atoms with Gasteiger partial charge in [-0.3, -0.25) is 9.59 Å². The Morgan fingerprint density at radius 2 is 1.74 bits per heavy atom. The summed E-state index contributed by atoms with van der Waals surface area (Å²) in [5, 5.41) is 12.1. The summed E-state index contributed by atoms with van der Waals surface area (Å²) in [5.41, 5.74) is 3.86. The second-order valence-corrected chi connectivity index (χ2v) is 9.78. The van der Waals surface area contributed by atoms with Gasteiger partial charge in [0.05, 0.1) is 5.41 Å². The maximum absolute atomic E-state index is 12.5. The normalized spacial score (nSPS) is 19.9. The van der Waals surface area contributed by atoms with Gasteiger partial charge in [-0.15, -0.1) is 0 Å². The summed E-state index contributed by atoms with van der Waals surface area (Å²) < 4.78 is 5.56. The lowest BCUT2D eigenvalue weighted by molar-refractivity contribution is -0.147. The molecule has 0 aromatic heterocycles. The molecule has 2 unspecified atom stereocenters. The highest BCUT2D eigenvalue weighted by Crippen LogP contribution is 2.44. The Kier molecular flexibility index (Phi) is 6.91. The maximum Gasteiger partial charge on any atom is 0.407 e. The lowest BCUT2D eigenvalue weighted by atomic mass is 9.90. The van der Waals surface area contributed by atoms with Crippen LogP contribution < -0.4 is 5.32 Å². The summed E-state index contributed by atoms with van der Waals surface area (Å²) in [6, 6.07) is 16.4. The van der Waals surface area contributed by atoms with Crippen LogP contribution in [0.3, 0.4) is 0 Å². The number of carbonyl (C=O) groups is 3. The number of likely N-dealkylation sites (tertiary alicyclic amines) is 1. The van der Waals surface area contributed by atoms with Crippen molar-refractivity contribution in [3.05, 3.63) is 59.7 Å². The number of hydrogen-bond acceptors (Lipinski definition) is 4. The highest BCUT2D eigenvalue weighted by Gasteiger charge is 2.41. The number of amides is 2. The van der Waals surface area contributed by atoms with E-state index in [0.29, 0.717) is 32.4 Å². The SMILES string of the molecule is CC(CCC(=O)N1CCC(C)(C(=O)O)C1)CNC(=O)OCC1c2ccccc2-c2ccccc21. The number of carboxylic acid groups (broad SMARTS) is 1. The molecule has 0 bridgehead atoms. The van der Waals surface area contributed by atoms with E-state index in [1.165, 1.54) is 22.3 Å². The van der Waals surface area contributed by atoms with Gasteiger partial charge >= 0.3 is 12.1 Å². The minimum Gasteiger partial charge on any atom is -0.481 e. The van der Waals surface area contributed by atoms with Gasteiger partial charge in [0, 0.05) is 32.0 Å². The molecule has 180 valence electrons. The molecule has 7 nitrogen and oxygen atoms in total. The van der Waals surface area contributed by atoms with E-state index in [0.717, 1.165) is 0 Å². The fourth-order valence-electron chi connectivity index (χ4n) is 4.89. The van der Waals surface area contributed by atoms with Crippen LogP contribution in [0.5, 0.6) is 0 Å². The third-order valence-corrected chi connectivity index (χ3v) is 7.13. The number of hydrogen-bond donors (Lipinski definition) is 2. The number of aliphatic carboxylic acids is 1. The Morgan fingerprint density at radius 1 is 1.12 bits per heavy atom. The molecular weight excluding hydrogens is 432 g/mol. The van der Waals surface area contributed by atoms with Gasteiger partial charge in [-0.25, -0.2) is 4.79 Å². The van der Waals surface area contributed by atoms with Crippen molar-refractivity contribution in [1.29, 1.82) is 0 Å². The van der Waals surface area contributed by atoms with E-state index < -0.39 is 17.5 Å². The average Bonchev–Trinajstić information content (AvgIpc) is 3.39. The zero-order valence-electron chi connectivity index (χ0n) is 19.8. The first kappa shape index (κ1) is 23.8. The molecule has 2 N–H and O–H groups in total. The number of carbonyl (C=O) groups excluding carboxylic acids is 2. The highest BCUT2D eigenvalue weighted by atomic mass is 16.5. The minimum absolute atomic E-state index is 0.0187. The average molecular weight is 465 g/mol. The topological polar surface area (TPSA) is 95.9 Å². The van der Waals surface area contributed by atoms with Crippen LogP contribution in [0, 0.1) is 11.3 Å². The molecule has 1 aliphatic heterocycles. The van der Waals surface area contributed by atoms with Crippen molar-refractivity contribution >= 4 is 18.0 Å². The quantitative estimate of drug-likeness (QED) is 0.608. The van der Waals surface area contributed by atoms with Gasteiger partial charge in [0.25, 0.3) is 0 Å². The van der Waals surface area contributed by atoms with Crippen LogP contribution in [0.1, 0.15) is 50.2 Å². The number of nitrogens with zero attached hydrogens (tertiary/aromatic N) is 1. The smallest absolute Gasteiger partial charge is 0.407 e. The van der Waals surface area contributed by atoms with Gasteiger partial charge in [-0.2, -0.15) is 0 Å². The molecule has 7 heteroatoms. The zero-order chi connectivity index (χ0) is 24.3. The Morgan fingerprint density at radius 3 is 2.32 bits per heavy atom. The Hall–Kier alpha value is -3.35. The molecule has 1 heterocycles. The van der Waals surface area contributed by atoms with Crippen LogP contribution in [0.2, 0.25) is 0 Å². The molecular formula is C27H32N2O5. The molecule has 1 aliphatic carbocycles. The minimum atomic E-state index is -0.858. The van der Waals surface area contributed by atoms with Crippen LogP contribution >= 0.6 is 0 Å². The van der Waals surface area contributed by atoms with E-state index in [1.54, 1.807) is 11.8 Å². The van der Waals surface area contributed by atoms with Crippen LogP contribution in [-0.2, 0) is 14.3 Å². The van der Waals surface area contributed by atoms with Gasteiger partial charge in [0.2, 0.25) is 5.91 Å². The number of ether oxygens (including phenoxy) is 1. The highest BCUT2D eigenvalue weighted by molar-refractivity contribution is 5.81. The number of rotatable bonds is 8. The molecule has 2 atom stereocenters. The predicted molar refractivity (Wildman–Crippen MR) is 128 cm³/mol. The van der Waals surface area contributed by atoms with Gasteiger partial charge in [0.15, 0.2) is 0 Å². The summed E-state index contributed by atoms with van der Waals surface area (Å²) >= 11 is 0. The largest absolute Gasteiger partial charge is 0.481 e. The summed E-state index contributed by atoms with van der Waals surface area (Å²) in [6.45, 7) is 5.08. The Labute approximate surface area is 200 Å². The zero-order valence-corrected chi connectivity index (χ0v) is 19.8. The van der Waals surface area contributed by atoms with Crippen LogP contribution in [0.25, 0.3) is 11.1 Å². The number of benzene rings is 2. The molecule has 2 aromatic carbocycles. The van der Waals surface area contributed by atoms with Gasteiger partial charge in [-0.05, 0) is 47.9 Å². The predicted octanol–water partition coefficient (Wildman–Crippen LogP) is 4.26. The molecule has 2 aliphatic rings. The van der Waals surface area contributed by atoms with E-state index in [9.17, 15) is 19.5 Å². The molecule has 0 saturated carbocycles. The van der Waals surface area contributed by atoms with Gasteiger partial charge < -0.3 is 20.1 Å². The molecule has 1 saturated heterocycles. The maximum atomic E-state index is 12.5. The van der Waals surface area contributed by atoms with Gasteiger partial charge in [-0.1, -0.05) is 55.5 Å². The van der Waals surface area contributed by atoms with E-state index in [2.05, 4.69) is 29.6 Å². The third kappa shape index (κ3) is 4.93. The third-order valence-electron chi connectivity index (χ3n) is 7.13. The molecule has 1 fully saturated rings. The first-order valence-corrected chi connectivity index (χ1v) is 11.9. The van der Waals surface area contributed by atoms with Crippen LogP contribution in [0.15, 0.2) is 48.5 Å². The molecule has 2 amide bonds. The summed E-state index contributed by atoms with van der Waals surface area (Å²) in [7, 11) is 0. The fourth-order valence-corrected chi connectivity index (χ4v) is 4.89. The molecule has 4 rings (SSSR count). The lowest BCUT2D eigenvalue weighted by Gasteiger charge is -2.21. The van der Waals surface area contributed by atoms with Crippen molar-refractivity contribution in [2.45, 2.75) is 39.0 Å².